The molecule has 0 radical (unpaired) electrons. The molecule has 1 rings (SSSR count). The molecule has 1 aromatic heterocycles. The van der Waals surface area contributed by atoms with Gasteiger partial charge in [0, 0.05) is 0 Å². The second-order valence-corrected chi connectivity index (χ2v) is 3.90. The summed E-state index contributed by atoms with van der Waals surface area (Å²) in [5.41, 5.74) is 0.365. The van der Waals surface area contributed by atoms with Crippen molar-refractivity contribution in [2.24, 2.45) is 0 Å². The second kappa shape index (κ2) is 5.29. The van der Waals surface area contributed by atoms with Crippen molar-refractivity contribution >= 4 is 11.9 Å². The van der Waals surface area contributed by atoms with E-state index in [1.165, 1.54) is 13.8 Å². The number of carbonyl (C=O) groups excluding carboxylic acids is 1. The molecule has 0 saturated carbocycles. The highest BCUT2D eigenvalue weighted by Crippen LogP contribution is 2.14. The fourth-order valence-electron chi connectivity index (χ4n) is 1.55. The number of aromatic carboxylic acids is 1. The highest BCUT2D eigenvalue weighted by molar-refractivity contribution is 5.90. The van der Waals surface area contributed by atoms with Gasteiger partial charge in [0.25, 0.3) is 0 Å². The van der Waals surface area contributed by atoms with Crippen LogP contribution in [0.1, 0.15) is 21.7 Å². The SMILES string of the molecule is Cc1nn(CC(=O)NCC(F)(F)F)c(C)c1C(=O)O. The number of carboxylic acid groups (broad SMARTS) is 1. The van der Waals surface area contributed by atoms with Crippen molar-refractivity contribution < 1.29 is 27.9 Å². The third-order valence-electron chi connectivity index (χ3n) is 2.37. The first-order chi connectivity index (χ1) is 8.61. The molecule has 9 heteroatoms. The van der Waals surface area contributed by atoms with E-state index in [-0.39, 0.29) is 17.0 Å². The number of hydrogen-bond acceptors (Lipinski definition) is 3. The highest BCUT2D eigenvalue weighted by Gasteiger charge is 2.28. The maximum absolute atomic E-state index is 11.9. The van der Waals surface area contributed by atoms with Crippen LogP contribution < -0.4 is 5.32 Å². The number of carbonyl (C=O) groups is 2. The van der Waals surface area contributed by atoms with E-state index in [1.54, 1.807) is 5.32 Å². The molecule has 1 amide bonds. The van der Waals surface area contributed by atoms with Gasteiger partial charge in [-0.2, -0.15) is 18.3 Å². The van der Waals surface area contributed by atoms with Crippen LogP contribution in [-0.2, 0) is 11.3 Å². The summed E-state index contributed by atoms with van der Waals surface area (Å²) in [6, 6.07) is 0. The van der Waals surface area contributed by atoms with E-state index in [0.29, 0.717) is 0 Å². The molecule has 0 saturated heterocycles. The lowest BCUT2D eigenvalue weighted by atomic mass is 10.2. The summed E-state index contributed by atoms with van der Waals surface area (Å²) in [4.78, 5) is 22.2. The summed E-state index contributed by atoms with van der Waals surface area (Å²) in [6.45, 7) is 0.980. The van der Waals surface area contributed by atoms with Gasteiger partial charge < -0.3 is 10.4 Å². The summed E-state index contributed by atoms with van der Waals surface area (Å²) in [6.07, 6.45) is -4.49. The predicted molar refractivity (Wildman–Crippen MR) is 57.7 cm³/mol. The van der Waals surface area contributed by atoms with E-state index in [2.05, 4.69) is 5.10 Å². The zero-order valence-electron chi connectivity index (χ0n) is 10.2. The van der Waals surface area contributed by atoms with Gasteiger partial charge in [0.1, 0.15) is 18.7 Å². The van der Waals surface area contributed by atoms with Gasteiger partial charge in [-0.1, -0.05) is 0 Å². The van der Waals surface area contributed by atoms with Crippen molar-refractivity contribution in [2.45, 2.75) is 26.6 Å². The van der Waals surface area contributed by atoms with Gasteiger partial charge in [-0.15, -0.1) is 0 Å². The number of aryl methyl sites for hydroxylation is 1. The first-order valence-corrected chi connectivity index (χ1v) is 5.22. The monoisotopic (exact) mass is 279 g/mol. The number of aromatic nitrogens is 2. The number of rotatable bonds is 4. The van der Waals surface area contributed by atoms with Crippen molar-refractivity contribution in [1.29, 1.82) is 0 Å². The first-order valence-electron chi connectivity index (χ1n) is 5.22. The van der Waals surface area contributed by atoms with Crippen LogP contribution in [0.4, 0.5) is 13.2 Å². The number of nitrogens with one attached hydrogen (secondary N) is 1. The standard InChI is InChI=1S/C10H12F3N3O3/c1-5-8(9(18)19)6(2)16(15-5)3-7(17)14-4-10(11,12)13/h3-4H2,1-2H3,(H,14,17)(H,18,19). The second-order valence-electron chi connectivity index (χ2n) is 3.90. The van der Waals surface area contributed by atoms with Crippen LogP contribution in [-0.4, -0.2) is 39.5 Å². The smallest absolute Gasteiger partial charge is 0.405 e. The molecule has 19 heavy (non-hydrogen) atoms. The van der Waals surface area contributed by atoms with Gasteiger partial charge in [0.05, 0.1) is 11.4 Å². The van der Waals surface area contributed by atoms with Crippen LogP contribution >= 0.6 is 0 Å². The molecule has 2 N–H and O–H groups in total. The van der Waals surface area contributed by atoms with Crippen molar-refractivity contribution in [3.8, 4) is 0 Å². The number of amides is 1. The normalized spacial score (nSPS) is 11.4. The van der Waals surface area contributed by atoms with Gasteiger partial charge in [-0.25, -0.2) is 4.79 Å². The minimum atomic E-state index is -4.49. The maximum Gasteiger partial charge on any atom is 0.405 e. The molecule has 6 nitrogen and oxygen atoms in total. The number of halogens is 3. The van der Waals surface area contributed by atoms with Gasteiger partial charge in [0.2, 0.25) is 5.91 Å². The topological polar surface area (TPSA) is 84.2 Å². The summed E-state index contributed by atoms with van der Waals surface area (Å²) >= 11 is 0. The number of nitrogens with zero attached hydrogens (tertiary/aromatic N) is 2. The molecule has 0 unspecified atom stereocenters. The molecule has 0 spiro atoms. The van der Waals surface area contributed by atoms with Crippen molar-refractivity contribution in [3.63, 3.8) is 0 Å². The van der Waals surface area contributed by atoms with E-state index in [0.717, 1.165) is 4.68 Å². The lowest BCUT2D eigenvalue weighted by molar-refractivity contribution is -0.138. The average molecular weight is 279 g/mol. The van der Waals surface area contributed by atoms with E-state index in [1.807, 2.05) is 0 Å². The van der Waals surface area contributed by atoms with E-state index in [9.17, 15) is 22.8 Å². The average Bonchev–Trinajstić information content (AvgIpc) is 2.50. The largest absolute Gasteiger partial charge is 0.478 e. The van der Waals surface area contributed by atoms with E-state index in [4.69, 9.17) is 5.11 Å². The molecular weight excluding hydrogens is 267 g/mol. The summed E-state index contributed by atoms with van der Waals surface area (Å²) in [5.74, 6) is -2.09. The molecule has 106 valence electrons. The number of hydrogen-bond donors (Lipinski definition) is 2. The lowest BCUT2D eigenvalue weighted by Gasteiger charge is -2.09. The Morgan fingerprint density at radius 2 is 1.95 bits per heavy atom. The molecule has 0 aliphatic heterocycles. The molecule has 0 aliphatic carbocycles. The molecular formula is C10H12F3N3O3. The first kappa shape index (κ1) is 15.0. The Hall–Kier alpha value is -2.06. The lowest BCUT2D eigenvalue weighted by Crippen LogP contribution is -2.36. The Morgan fingerprint density at radius 1 is 1.37 bits per heavy atom. The number of carboxylic acids is 1. The molecule has 0 atom stereocenters. The Labute approximate surface area is 106 Å². The molecule has 0 aromatic carbocycles. The quantitative estimate of drug-likeness (QED) is 0.856. The molecule has 0 fully saturated rings. The van der Waals surface area contributed by atoms with Crippen LogP contribution in [0.15, 0.2) is 0 Å². The third-order valence-corrected chi connectivity index (χ3v) is 2.37. The highest BCUT2D eigenvalue weighted by atomic mass is 19.4. The Balaban J connectivity index is 2.76. The summed E-state index contributed by atoms with van der Waals surface area (Å²) in [7, 11) is 0. The van der Waals surface area contributed by atoms with Crippen molar-refractivity contribution in [2.75, 3.05) is 6.54 Å². The predicted octanol–water partition coefficient (Wildman–Crippen LogP) is 0.877. The van der Waals surface area contributed by atoms with Crippen LogP contribution in [0.25, 0.3) is 0 Å². The van der Waals surface area contributed by atoms with Gasteiger partial charge in [-0.05, 0) is 13.8 Å². The summed E-state index contributed by atoms with van der Waals surface area (Å²) < 4.78 is 36.7. The zero-order valence-corrected chi connectivity index (χ0v) is 10.2. The zero-order chi connectivity index (χ0) is 14.8. The molecule has 0 aliphatic rings. The van der Waals surface area contributed by atoms with Crippen LogP contribution in [0, 0.1) is 13.8 Å². The Bertz CT molecular complexity index is 508. The molecule has 0 bridgehead atoms. The van der Waals surface area contributed by atoms with Crippen molar-refractivity contribution in [3.05, 3.63) is 17.0 Å². The van der Waals surface area contributed by atoms with E-state index < -0.39 is 31.1 Å². The van der Waals surface area contributed by atoms with Crippen LogP contribution in [0.5, 0.6) is 0 Å². The van der Waals surface area contributed by atoms with Crippen LogP contribution in [0.2, 0.25) is 0 Å². The fourth-order valence-corrected chi connectivity index (χ4v) is 1.55. The minimum absolute atomic E-state index is 0.0522. The third kappa shape index (κ3) is 3.97. The van der Waals surface area contributed by atoms with E-state index >= 15 is 0 Å². The van der Waals surface area contributed by atoms with Crippen LogP contribution in [0.3, 0.4) is 0 Å². The minimum Gasteiger partial charge on any atom is -0.478 e. The molecule has 1 heterocycles. The Morgan fingerprint density at radius 3 is 2.37 bits per heavy atom. The van der Waals surface area contributed by atoms with Gasteiger partial charge >= 0.3 is 12.1 Å². The van der Waals surface area contributed by atoms with Crippen molar-refractivity contribution in [1.82, 2.24) is 15.1 Å². The Kier molecular flexibility index (Phi) is 4.17. The maximum atomic E-state index is 11.9. The summed E-state index contributed by atoms with van der Waals surface area (Å²) in [5, 5.41) is 14.4. The van der Waals surface area contributed by atoms with Gasteiger partial charge in [-0.3, -0.25) is 9.48 Å². The van der Waals surface area contributed by atoms with Gasteiger partial charge in [0.15, 0.2) is 0 Å². The fraction of sp³-hybridized carbons (Fsp3) is 0.500. The molecule has 1 aromatic rings. The number of alkyl halides is 3.